The van der Waals surface area contributed by atoms with E-state index in [2.05, 4.69) is 0 Å². The maximum atomic E-state index is 9.36. The summed E-state index contributed by atoms with van der Waals surface area (Å²) in [6, 6.07) is 5.49. The number of aliphatic hydroxyl groups is 1. The molecule has 0 saturated carbocycles. The summed E-state index contributed by atoms with van der Waals surface area (Å²) < 4.78 is 0. The van der Waals surface area contributed by atoms with E-state index in [1.165, 1.54) is 0 Å². The molecule has 0 aliphatic rings. The number of rotatable bonds is 4. The Kier molecular flexibility index (Phi) is 5.10. The minimum atomic E-state index is -0.255. The van der Waals surface area contributed by atoms with E-state index >= 15 is 0 Å². The minimum Gasteiger partial charge on any atom is -0.392 e. The van der Waals surface area contributed by atoms with Gasteiger partial charge in [-0.15, -0.1) is 11.8 Å². The summed E-state index contributed by atoms with van der Waals surface area (Å²) in [7, 11) is 0. The predicted octanol–water partition coefficient (Wildman–Crippen LogP) is 3.86. The molecule has 0 aliphatic carbocycles. The van der Waals surface area contributed by atoms with Crippen LogP contribution < -0.4 is 0 Å². The van der Waals surface area contributed by atoms with E-state index in [1.807, 2.05) is 19.1 Å². The molecule has 0 aromatic heterocycles. The van der Waals surface area contributed by atoms with E-state index < -0.39 is 0 Å². The van der Waals surface area contributed by atoms with Crippen LogP contribution >= 0.6 is 35.0 Å². The second kappa shape index (κ2) is 5.86. The van der Waals surface area contributed by atoms with E-state index in [9.17, 15) is 5.11 Å². The van der Waals surface area contributed by atoms with E-state index in [-0.39, 0.29) is 6.10 Å². The van der Waals surface area contributed by atoms with Gasteiger partial charge in [0.25, 0.3) is 0 Å². The van der Waals surface area contributed by atoms with Crippen LogP contribution in [0.4, 0.5) is 0 Å². The van der Waals surface area contributed by atoms with Crippen LogP contribution in [0.25, 0.3) is 0 Å². The van der Waals surface area contributed by atoms with Crippen molar-refractivity contribution in [2.75, 3.05) is 5.75 Å². The van der Waals surface area contributed by atoms with Gasteiger partial charge in [-0.1, -0.05) is 30.1 Å². The van der Waals surface area contributed by atoms with Crippen LogP contribution in [0.3, 0.4) is 0 Å². The first-order chi connectivity index (χ1) is 6.63. The Labute approximate surface area is 98.4 Å². The highest BCUT2D eigenvalue weighted by Crippen LogP contribution is 2.28. The molecule has 0 fully saturated rings. The van der Waals surface area contributed by atoms with Gasteiger partial charge in [0.15, 0.2) is 0 Å². The van der Waals surface area contributed by atoms with Crippen LogP contribution in [0, 0.1) is 0 Å². The number of hydrogen-bond acceptors (Lipinski definition) is 2. The zero-order valence-corrected chi connectivity index (χ0v) is 10.2. The topological polar surface area (TPSA) is 20.2 Å². The summed E-state index contributed by atoms with van der Waals surface area (Å²) in [6.45, 7) is 1.96. The lowest BCUT2D eigenvalue weighted by Gasteiger charge is -2.07. The molecule has 1 atom stereocenters. The number of thioether (sulfide) groups is 1. The fourth-order valence-corrected chi connectivity index (χ4v) is 2.23. The van der Waals surface area contributed by atoms with E-state index in [1.54, 1.807) is 17.8 Å². The molecule has 1 aromatic rings. The quantitative estimate of drug-likeness (QED) is 0.820. The Morgan fingerprint density at radius 1 is 1.36 bits per heavy atom. The van der Waals surface area contributed by atoms with Gasteiger partial charge in [-0.05, 0) is 24.6 Å². The van der Waals surface area contributed by atoms with Crippen LogP contribution in [0.2, 0.25) is 10.0 Å². The highest BCUT2D eigenvalue weighted by molar-refractivity contribution is 7.99. The first-order valence-electron chi connectivity index (χ1n) is 4.39. The van der Waals surface area contributed by atoms with E-state index in [0.717, 1.165) is 11.3 Å². The maximum Gasteiger partial charge on any atom is 0.0631 e. The second-order valence-corrected chi connectivity index (χ2v) is 4.86. The summed E-state index contributed by atoms with van der Waals surface area (Å²) in [5.41, 5.74) is 0. The second-order valence-electron chi connectivity index (χ2n) is 2.95. The molecule has 4 heteroatoms. The Bertz CT molecular complexity index is 304. The molecule has 1 nitrogen and oxygen atoms in total. The van der Waals surface area contributed by atoms with Crippen LogP contribution in [-0.2, 0) is 0 Å². The number of benzene rings is 1. The molecule has 0 bridgehead atoms. The summed E-state index contributed by atoms with van der Waals surface area (Å²) in [6.07, 6.45) is 0.517. The Morgan fingerprint density at radius 2 is 2.07 bits per heavy atom. The van der Waals surface area contributed by atoms with Gasteiger partial charge in [-0.2, -0.15) is 0 Å². The molecule has 1 unspecified atom stereocenters. The fraction of sp³-hybridized carbons (Fsp3) is 0.400. The van der Waals surface area contributed by atoms with E-state index in [4.69, 9.17) is 23.2 Å². The van der Waals surface area contributed by atoms with Crippen molar-refractivity contribution < 1.29 is 5.11 Å². The fourth-order valence-electron chi connectivity index (χ4n) is 0.877. The molecule has 78 valence electrons. The van der Waals surface area contributed by atoms with Gasteiger partial charge in [0.05, 0.1) is 16.1 Å². The summed E-state index contributed by atoms with van der Waals surface area (Å²) in [5.74, 6) is 0.689. The van der Waals surface area contributed by atoms with Gasteiger partial charge in [-0.25, -0.2) is 0 Å². The van der Waals surface area contributed by atoms with Crippen molar-refractivity contribution in [3.8, 4) is 0 Å². The molecule has 0 heterocycles. The predicted molar refractivity (Wildman–Crippen MR) is 63.5 cm³/mol. The number of halogens is 2. The van der Waals surface area contributed by atoms with Crippen LogP contribution in [0.1, 0.15) is 13.3 Å². The molecular formula is C10H12Cl2OS. The largest absolute Gasteiger partial charge is 0.392 e. The number of aliphatic hydroxyl groups excluding tert-OH is 1. The molecule has 0 saturated heterocycles. The lowest BCUT2D eigenvalue weighted by atomic mass is 10.3. The lowest BCUT2D eigenvalue weighted by Crippen LogP contribution is -2.06. The van der Waals surface area contributed by atoms with E-state index in [0.29, 0.717) is 15.8 Å². The van der Waals surface area contributed by atoms with Crippen molar-refractivity contribution in [2.45, 2.75) is 24.3 Å². The Balaban J connectivity index is 2.55. The summed E-state index contributed by atoms with van der Waals surface area (Å²) in [5, 5.41) is 10.5. The molecule has 14 heavy (non-hydrogen) atoms. The smallest absolute Gasteiger partial charge is 0.0631 e. The van der Waals surface area contributed by atoms with Crippen LogP contribution in [0.15, 0.2) is 23.1 Å². The third-order valence-corrected chi connectivity index (χ3v) is 3.68. The minimum absolute atomic E-state index is 0.255. The Hall–Kier alpha value is 0.110. The molecule has 1 N–H and O–H groups in total. The molecule has 1 rings (SSSR count). The number of hydrogen-bond donors (Lipinski definition) is 1. The first kappa shape index (κ1) is 12.2. The van der Waals surface area contributed by atoms with Gasteiger partial charge >= 0.3 is 0 Å². The van der Waals surface area contributed by atoms with Gasteiger partial charge in [0, 0.05) is 10.6 Å². The molecular weight excluding hydrogens is 239 g/mol. The van der Waals surface area contributed by atoms with Crippen molar-refractivity contribution in [3.63, 3.8) is 0 Å². The molecule has 0 amide bonds. The zero-order valence-electron chi connectivity index (χ0n) is 7.84. The molecule has 1 aromatic carbocycles. The molecule has 0 aliphatic heterocycles. The van der Waals surface area contributed by atoms with Gasteiger partial charge in [0.2, 0.25) is 0 Å². The average molecular weight is 251 g/mol. The normalized spacial score (nSPS) is 12.9. The van der Waals surface area contributed by atoms with Crippen LogP contribution in [-0.4, -0.2) is 17.0 Å². The standard InChI is InChI=1S/C10H12Cl2OS/c1-2-7(13)6-14-8-3-4-9(11)10(12)5-8/h3-5,7,13H,2,6H2,1H3. The van der Waals surface area contributed by atoms with Gasteiger partial charge < -0.3 is 5.11 Å². The lowest BCUT2D eigenvalue weighted by molar-refractivity contribution is 0.195. The summed E-state index contributed by atoms with van der Waals surface area (Å²) in [4.78, 5) is 1.03. The average Bonchev–Trinajstić information content (AvgIpc) is 2.19. The van der Waals surface area contributed by atoms with Crippen molar-refractivity contribution in [2.24, 2.45) is 0 Å². The first-order valence-corrected chi connectivity index (χ1v) is 6.13. The third-order valence-electron chi connectivity index (χ3n) is 1.80. The SMILES string of the molecule is CCC(O)CSc1ccc(Cl)c(Cl)c1. The Morgan fingerprint density at radius 3 is 2.64 bits per heavy atom. The highest BCUT2D eigenvalue weighted by atomic mass is 35.5. The third kappa shape index (κ3) is 3.70. The summed E-state index contributed by atoms with van der Waals surface area (Å²) >= 11 is 13.2. The van der Waals surface area contributed by atoms with Gasteiger partial charge in [-0.3, -0.25) is 0 Å². The highest BCUT2D eigenvalue weighted by Gasteiger charge is 2.03. The van der Waals surface area contributed by atoms with Crippen molar-refractivity contribution in [1.29, 1.82) is 0 Å². The molecule has 0 radical (unpaired) electrons. The van der Waals surface area contributed by atoms with Crippen molar-refractivity contribution >= 4 is 35.0 Å². The van der Waals surface area contributed by atoms with Crippen molar-refractivity contribution in [3.05, 3.63) is 28.2 Å². The maximum absolute atomic E-state index is 9.36. The van der Waals surface area contributed by atoms with Crippen LogP contribution in [0.5, 0.6) is 0 Å². The van der Waals surface area contributed by atoms with Gasteiger partial charge in [0.1, 0.15) is 0 Å². The van der Waals surface area contributed by atoms with Crippen molar-refractivity contribution in [1.82, 2.24) is 0 Å². The molecule has 0 spiro atoms. The monoisotopic (exact) mass is 250 g/mol. The zero-order chi connectivity index (χ0) is 10.6.